The van der Waals surface area contributed by atoms with Gasteiger partial charge in [-0.25, -0.2) is 9.59 Å². The van der Waals surface area contributed by atoms with E-state index < -0.39 is 23.8 Å². The Morgan fingerprint density at radius 3 is 1.76 bits per heavy atom. The predicted octanol–water partition coefficient (Wildman–Crippen LogP) is 6.96. The van der Waals surface area contributed by atoms with Crippen LogP contribution in [0.3, 0.4) is 0 Å². The fourth-order valence-electron chi connectivity index (χ4n) is 6.72. The van der Waals surface area contributed by atoms with Crippen molar-refractivity contribution in [1.29, 1.82) is 0 Å². The monoisotopic (exact) mass is 689 g/mol. The van der Waals surface area contributed by atoms with E-state index in [1.165, 1.54) is 18.4 Å². The van der Waals surface area contributed by atoms with Crippen molar-refractivity contribution < 1.29 is 38.4 Å². The van der Waals surface area contributed by atoms with Crippen LogP contribution in [0.1, 0.15) is 85.5 Å². The molecule has 9 heteroatoms. The lowest BCUT2D eigenvalue weighted by molar-refractivity contribution is -0.190. The van der Waals surface area contributed by atoms with Gasteiger partial charge in [0.15, 0.2) is 11.5 Å². The zero-order chi connectivity index (χ0) is 35.0. The molecule has 1 aliphatic heterocycles. The van der Waals surface area contributed by atoms with Crippen LogP contribution in [-0.4, -0.2) is 48.1 Å². The summed E-state index contributed by atoms with van der Waals surface area (Å²) in [6.07, 6.45) is 6.29. The molecule has 0 bridgehead atoms. The number of ether oxygens (including phenoxy) is 5. The van der Waals surface area contributed by atoms with Crippen molar-refractivity contribution in [3.8, 4) is 28.7 Å². The molecule has 9 nitrogen and oxygen atoms in total. The van der Waals surface area contributed by atoms with Gasteiger partial charge in [0.25, 0.3) is 0 Å². The lowest BCUT2D eigenvalue weighted by Gasteiger charge is -2.24. The number of aliphatic hydroxyl groups excluding tert-OH is 1. The largest absolute Gasteiger partial charge is 0.491 e. The molecule has 4 aromatic carbocycles. The van der Waals surface area contributed by atoms with Crippen LogP contribution in [0, 0.1) is 0 Å². The van der Waals surface area contributed by atoms with E-state index in [2.05, 4.69) is 11.4 Å². The summed E-state index contributed by atoms with van der Waals surface area (Å²) in [5, 5.41) is 14.0. The molecule has 4 aliphatic rings. The SMILES string of the molecule is CC(Cc1ccc2c(c1)OC(C(=O)Oc1ccccc1C1CC1)(C(=O)Oc1ccccc1C1CC1)O2)NCC(O)COc1ccccc1C1CC1. The van der Waals surface area contributed by atoms with Crippen LogP contribution in [0.4, 0.5) is 0 Å². The highest BCUT2D eigenvalue weighted by Crippen LogP contribution is 2.47. The first-order valence-electron chi connectivity index (χ1n) is 18.1. The van der Waals surface area contributed by atoms with E-state index in [4.69, 9.17) is 23.7 Å². The molecule has 3 fully saturated rings. The van der Waals surface area contributed by atoms with Crippen LogP contribution >= 0.6 is 0 Å². The van der Waals surface area contributed by atoms with Gasteiger partial charge >= 0.3 is 17.7 Å². The Bertz CT molecular complexity index is 1840. The van der Waals surface area contributed by atoms with Crippen molar-refractivity contribution in [1.82, 2.24) is 5.32 Å². The summed E-state index contributed by atoms with van der Waals surface area (Å²) in [6.45, 7) is 2.56. The van der Waals surface area contributed by atoms with Crippen LogP contribution in [0.15, 0.2) is 91.0 Å². The number of aliphatic hydroxyl groups is 1. The van der Waals surface area contributed by atoms with Gasteiger partial charge in [0.2, 0.25) is 0 Å². The topological polar surface area (TPSA) is 113 Å². The van der Waals surface area contributed by atoms with Gasteiger partial charge in [0.05, 0.1) is 0 Å². The summed E-state index contributed by atoms with van der Waals surface area (Å²) < 4.78 is 30.0. The maximum Gasteiger partial charge on any atom is 0.454 e. The van der Waals surface area contributed by atoms with Gasteiger partial charge in [0.1, 0.15) is 30.0 Å². The number of rotatable bonds is 15. The second-order valence-electron chi connectivity index (χ2n) is 14.3. The zero-order valence-electron chi connectivity index (χ0n) is 28.7. The number of fused-ring (bicyclic) bond motifs is 1. The number of carbonyl (C=O) groups is 2. The molecule has 3 aliphatic carbocycles. The fraction of sp³-hybridized carbons (Fsp3) is 0.381. The third kappa shape index (κ3) is 7.46. The molecule has 51 heavy (non-hydrogen) atoms. The van der Waals surface area contributed by atoms with E-state index in [1.807, 2.05) is 55.5 Å². The third-order valence-electron chi connectivity index (χ3n) is 9.94. The van der Waals surface area contributed by atoms with Crippen molar-refractivity contribution >= 4 is 11.9 Å². The number of para-hydroxylation sites is 3. The molecule has 264 valence electrons. The molecule has 0 spiro atoms. The maximum atomic E-state index is 14.1. The first kappa shape index (κ1) is 33.3. The Morgan fingerprint density at radius 1 is 0.725 bits per heavy atom. The molecule has 1 heterocycles. The molecule has 8 rings (SSSR count). The average molecular weight is 690 g/mol. The first-order valence-corrected chi connectivity index (χ1v) is 18.1. The van der Waals surface area contributed by atoms with E-state index in [9.17, 15) is 14.7 Å². The molecule has 3 saturated carbocycles. The highest BCUT2D eigenvalue weighted by molar-refractivity contribution is 6.05. The zero-order valence-corrected chi connectivity index (χ0v) is 28.7. The molecule has 0 aromatic heterocycles. The lowest BCUT2D eigenvalue weighted by atomic mass is 10.1. The Hall–Kier alpha value is -4.86. The number of hydrogen-bond donors (Lipinski definition) is 2. The first-order chi connectivity index (χ1) is 24.9. The Kier molecular flexibility index (Phi) is 9.17. The highest BCUT2D eigenvalue weighted by atomic mass is 16.8. The number of nitrogens with one attached hydrogen (secondary N) is 1. The molecule has 0 amide bonds. The van der Waals surface area contributed by atoms with E-state index in [-0.39, 0.29) is 24.1 Å². The van der Waals surface area contributed by atoms with Crippen LogP contribution < -0.4 is 29.0 Å². The van der Waals surface area contributed by atoms with Gasteiger partial charge in [-0.15, -0.1) is 0 Å². The van der Waals surface area contributed by atoms with Crippen LogP contribution in [0.5, 0.6) is 28.7 Å². The normalized spacial score (nSPS) is 18.5. The van der Waals surface area contributed by atoms with E-state index in [0.717, 1.165) is 48.1 Å². The number of carbonyl (C=O) groups excluding carboxylic acids is 2. The Labute approximate surface area is 297 Å². The van der Waals surface area contributed by atoms with Gasteiger partial charge < -0.3 is 34.1 Å². The summed E-state index contributed by atoms with van der Waals surface area (Å²) in [5.41, 5.74) is 3.92. The van der Waals surface area contributed by atoms with Gasteiger partial charge in [-0.05, 0) is 122 Å². The van der Waals surface area contributed by atoms with Crippen molar-refractivity contribution in [2.75, 3.05) is 13.2 Å². The fourth-order valence-corrected chi connectivity index (χ4v) is 6.72. The number of hydrogen-bond acceptors (Lipinski definition) is 9. The van der Waals surface area contributed by atoms with Crippen molar-refractivity contribution in [2.45, 2.75) is 87.6 Å². The molecule has 4 aromatic rings. The van der Waals surface area contributed by atoms with Crippen LogP contribution in [0.25, 0.3) is 0 Å². The van der Waals surface area contributed by atoms with Crippen molar-refractivity contribution in [3.05, 3.63) is 113 Å². The smallest absolute Gasteiger partial charge is 0.454 e. The standard InChI is InChI=1S/C42H43NO8/c1-26(43-24-31(44)25-47-35-11-5-2-8-32(35)28-15-16-28)22-27-14-21-38-39(23-27)51-42(50-38,40(45)48-36-12-6-3-9-33(36)29-17-18-29)41(46)49-37-13-7-4-10-34(37)30-19-20-30/h2-14,21,23,26,28-31,43-44H,15-20,22,24-25H2,1H3. The average Bonchev–Trinajstić information content (AvgIpc) is 3.99. The number of benzene rings is 4. The van der Waals surface area contributed by atoms with E-state index in [0.29, 0.717) is 42.2 Å². The molecule has 2 atom stereocenters. The minimum Gasteiger partial charge on any atom is -0.491 e. The van der Waals surface area contributed by atoms with Crippen molar-refractivity contribution in [3.63, 3.8) is 0 Å². The maximum absolute atomic E-state index is 14.1. The number of esters is 2. The second-order valence-corrected chi connectivity index (χ2v) is 14.3. The molecule has 2 unspecified atom stereocenters. The van der Waals surface area contributed by atoms with Gasteiger partial charge in [-0.2, -0.15) is 0 Å². The van der Waals surface area contributed by atoms with E-state index >= 15 is 0 Å². The molecule has 2 N–H and O–H groups in total. The minimum absolute atomic E-state index is 0.0173. The quantitative estimate of drug-likeness (QED) is 0.0778. The lowest BCUT2D eigenvalue weighted by Crippen LogP contribution is -2.58. The molecule has 0 saturated heterocycles. The van der Waals surface area contributed by atoms with Gasteiger partial charge in [-0.1, -0.05) is 60.7 Å². The predicted molar refractivity (Wildman–Crippen MR) is 190 cm³/mol. The summed E-state index contributed by atoms with van der Waals surface area (Å²) in [5.74, 6) is -1.27. The summed E-state index contributed by atoms with van der Waals surface area (Å²) >= 11 is 0. The van der Waals surface area contributed by atoms with E-state index in [1.54, 1.807) is 36.4 Å². The van der Waals surface area contributed by atoms with Crippen LogP contribution in [0.2, 0.25) is 0 Å². The second kappa shape index (κ2) is 14.0. The molecule has 0 radical (unpaired) electrons. The van der Waals surface area contributed by atoms with Gasteiger partial charge in [-0.3, -0.25) is 0 Å². The highest BCUT2D eigenvalue weighted by Gasteiger charge is 2.60. The van der Waals surface area contributed by atoms with Gasteiger partial charge in [0, 0.05) is 12.6 Å². The Balaban J connectivity index is 0.947. The van der Waals surface area contributed by atoms with Crippen molar-refractivity contribution in [2.24, 2.45) is 0 Å². The third-order valence-corrected chi connectivity index (χ3v) is 9.94. The Morgan fingerprint density at radius 2 is 1.22 bits per heavy atom. The van der Waals surface area contributed by atoms with Crippen LogP contribution in [-0.2, 0) is 16.0 Å². The minimum atomic E-state index is -2.50. The molecular weight excluding hydrogens is 646 g/mol. The molecular formula is C42H43NO8. The summed E-state index contributed by atoms with van der Waals surface area (Å²) in [6, 6.07) is 28.1. The summed E-state index contributed by atoms with van der Waals surface area (Å²) in [4.78, 5) is 28.1. The summed E-state index contributed by atoms with van der Waals surface area (Å²) in [7, 11) is 0.